The molecule has 0 bridgehead atoms. The molecule has 1 N–H and O–H groups in total. The second kappa shape index (κ2) is 7.75. The zero-order chi connectivity index (χ0) is 14.2. The van der Waals surface area contributed by atoms with Gasteiger partial charge in [0.05, 0.1) is 6.61 Å². The zero-order valence-corrected chi connectivity index (χ0v) is 11.9. The van der Waals surface area contributed by atoms with E-state index in [1.54, 1.807) is 12.1 Å². The second-order valence-corrected chi connectivity index (χ2v) is 4.78. The minimum absolute atomic E-state index is 0.0322. The van der Waals surface area contributed by atoms with E-state index in [1.165, 1.54) is 6.42 Å². The molecule has 1 amide bonds. The highest BCUT2D eigenvalue weighted by Crippen LogP contribution is 2.17. The SMILES string of the molecule is CCOc1ccc(OCC(=O)NN2CCCCC2)cc1. The van der Waals surface area contributed by atoms with E-state index in [2.05, 4.69) is 5.43 Å². The number of hydrazine groups is 1. The summed E-state index contributed by atoms with van der Waals surface area (Å²) in [6, 6.07) is 7.28. The smallest absolute Gasteiger partial charge is 0.272 e. The molecule has 110 valence electrons. The molecule has 1 aliphatic rings. The number of hydrogen-bond donors (Lipinski definition) is 1. The van der Waals surface area contributed by atoms with Gasteiger partial charge in [0.25, 0.3) is 5.91 Å². The van der Waals surface area contributed by atoms with Gasteiger partial charge in [0.1, 0.15) is 11.5 Å². The molecule has 2 rings (SSSR count). The summed E-state index contributed by atoms with van der Waals surface area (Å²) in [5.41, 5.74) is 2.87. The summed E-state index contributed by atoms with van der Waals surface area (Å²) < 4.78 is 10.8. The summed E-state index contributed by atoms with van der Waals surface area (Å²) in [7, 11) is 0. The quantitative estimate of drug-likeness (QED) is 0.864. The van der Waals surface area contributed by atoms with Crippen LogP contribution in [-0.2, 0) is 4.79 Å². The molecular weight excluding hydrogens is 256 g/mol. The molecule has 1 heterocycles. The summed E-state index contributed by atoms with van der Waals surface area (Å²) in [6.45, 7) is 4.46. The van der Waals surface area contributed by atoms with Crippen LogP contribution in [-0.4, -0.2) is 37.2 Å². The van der Waals surface area contributed by atoms with E-state index >= 15 is 0 Å². The first-order valence-electron chi connectivity index (χ1n) is 7.18. The lowest BCUT2D eigenvalue weighted by molar-refractivity contribution is -0.128. The maximum absolute atomic E-state index is 11.8. The Hall–Kier alpha value is -1.75. The van der Waals surface area contributed by atoms with Gasteiger partial charge in [-0.1, -0.05) is 6.42 Å². The van der Waals surface area contributed by atoms with Gasteiger partial charge >= 0.3 is 0 Å². The molecule has 1 aromatic rings. The van der Waals surface area contributed by atoms with Crippen molar-refractivity contribution >= 4 is 5.91 Å². The number of carbonyl (C=O) groups excluding carboxylic acids is 1. The van der Waals surface area contributed by atoms with Crippen LogP contribution < -0.4 is 14.9 Å². The topological polar surface area (TPSA) is 50.8 Å². The predicted octanol–water partition coefficient (Wildman–Crippen LogP) is 1.98. The summed E-state index contributed by atoms with van der Waals surface area (Å²) in [6.07, 6.45) is 3.52. The third-order valence-electron chi connectivity index (χ3n) is 3.14. The molecule has 5 heteroatoms. The van der Waals surface area contributed by atoms with Crippen molar-refractivity contribution < 1.29 is 14.3 Å². The number of piperidine rings is 1. The molecule has 1 fully saturated rings. The summed E-state index contributed by atoms with van der Waals surface area (Å²) in [4.78, 5) is 11.8. The molecule has 20 heavy (non-hydrogen) atoms. The first-order valence-corrected chi connectivity index (χ1v) is 7.18. The molecule has 5 nitrogen and oxygen atoms in total. The van der Waals surface area contributed by atoms with E-state index in [4.69, 9.17) is 9.47 Å². The molecule has 0 aliphatic carbocycles. The van der Waals surface area contributed by atoms with Crippen LogP contribution in [0, 0.1) is 0 Å². The number of carbonyl (C=O) groups is 1. The van der Waals surface area contributed by atoms with Crippen molar-refractivity contribution in [3.8, 4) is 11.5 Å². The number of benzene rings is 1. The van der Waals surface area contributed by atoms with Gasteiger partial charge in [0, 0.05) is 13.1 Å². The predicted molar refractivity (Wildman–Crippen MR) is 76.7 cm³/mol. The van der Waals surface area contributed by atoms with Crippen LogP contribution >= 0.6 is 0 Å². The van der Waals surface area contributed by atoms with E-state index in [-0.39, 0.29) is 12.5 Å². The van der Waals surface area contributed by atoms with Crippen LogP contribution in [0.3, 0.4) is 0 Å². The highest BCUT2D eigenvalue weighted by atomic mass is 16.5. The van der Waals surface area contributed by atoms with E-state index in [9.17, 15) is 4.79 Å². The Labute approximate surface area is 119 Å². The lowest BCUT2D eigenvalue weighted by Gasteiger charge is -2.26. The highest BCUT2D eigenvalue weighted by Gasteiger charge is 2.12. The Balaban J connectivity index is 1.72. The molecular formula is C15H22N2O3. The van der Waals surface area contributed by atoms with Crippen LogP contribution in [0.1, 0.15) is 26.2 Å². The molecule has 1 aliphatic heterocycles. The van der Waals surface area contributed by atoms with Gasteiger partial charge in [-0.2, -0.15) is 0 Å². The standard InChI is InChI=1S/C15H22N2O3/c1-2-19-13-6-8-14(9-7-13)20-12-15(18)16-17-10-4-3-5-11-17/h6-9H,2-5,10-12H2,1H3,(H,16,18). The fraction of sp³-hybridized carbons (Fsp3) is 0.533. The number of hydrogen-bond acceptors (Lipinski definition) is 4. The van der Waals surface area contributed by atoms with Crippen LogP contribution in [0.5, 0.6) is 11.5 Å². The van der Waals surface area contributed by atoms with Crippen molar-refractivity contribution in [2.45, 2.75) is 26.2 Å². The van der Waals surface area contributed by atoms with Crippen molar-refractivity contribution in [1.29, 1.82) is 0 Å². The van der Waals surface area contributed by atoms with Gasteiger partial charge < -0.3 is 9.47 Å². The monoisotopic (exact) mass is 278 g/mol. The van der Waals surface area contributed by atoms with E-state index < -0.39 is 0 Å². The van der Waals surface area contributed by atoms with Gasteiger partial charge in [-0.3, -0.25) is 10.2 Å². The minimum atomic E-state index is -0.110. The normalized spacial score (nSPS) is 15.7. The fourth-order valence-electron chi connectivity index (χ4n) is 2.16. The Bertz CT molecular complexity index is 414. The average Bonchev–Trinajstić information content (AvgIpc) is 2.48. The Morgan fingerprint density at radius 3 is 2.30 bits per heavy atom. The molecule has 0 atom stereocenters. The van der Waals surface area contributed by atoms with Crippen molar-refractivity contribution in [3.05, 3.63) is 24.3 Å². The molecule has 0 unspecified atom stereocenters. The van der Waals surface area contributed by atoms with Crippen LogP contribution in [0.2, 0.25) is 0 Å². The number of nitrogens with zero attached hydrogens (tertiary/aromatic N) is 1. The largest absolute Gasteiger partial charge is 0.494 e. The lowest BCUT2D eigenvalue weighted by atomic mass is 10.2. The van der Waals surface area contributed by atoms with Crippen molar-refractivity contribution in [1.82, 2.24) is 10.4 Å². The first-order chi connectivity index (χ1) is 9.78. The molecule has 1 saturated heterocycles. The number of rotatable bonds is 6. The van der Waals surface area contributed by atoms with E-state index in [0.29, 0.717) is 12.4 Å². The third-order valence-corrected chi connectivity index (χ3v) is 3.14. The van der Waals surface area contributed by atoms with Gasteiger partial charge in [-0.05, 0) is 44.0 Å². The summed E-state index contributed by atoms with van der Waals surface area (Å²) in [5.74, 6) is 1.36. The molecule has 0 radical (unpaired) electrons. The lowest BCUT2D eigenvalue weighted by Crippen LogP contribution is -2.46. The molecule has 0 saturated carbocycles. The van der Waals surface area contributed by atoms with Crippen molar-refractivity contribution in [2.24, 2.45) is 0 Å². The van der Waals surface area contributed by atoms with Crippen molar-refractivity contribution in [3.63, 3.8) is 0 Å². The van der Waals surface area contributed by atoms with Gasteiger partial charge in [-0.25, -0.2) is 5.01 Å². The Kier molecular flexibility index (Phi) is 5.68. The maximum atomic E-state index is 11.8. The maximum Gasteiger partial charge on any atom is 0.272 e. The van der Waals surface area contributed by atoms with Crippen LogP contribution in [0.4, 0.5) is 0 Å². The second-order valence-electron chi connectivity index (χ2n) is 4.78. The third kappa shape index (κ3) is 4.74. The molecule has 0 aromatic heterocycles. The zero-order valence-electron chi connectivity index (χ0n) is 11.9. The average molecular weight is 278 g/mol. The van der Waals surface area contributed by atoms with Crippen LogP contribution in [0.25, 0.3) is 0 Å². The summed E-state index contributed by atoms with van der Waals surface area (Å²) >= 11 is 0. The fourth-order valence-corrected chi connectivity index (χ4v) is 2.16. The van der Waals surface area contributed by atoms with Gasteiger partial charge in [0.15, 0.2) is 6.61 Å². The highest BCUT2D eigenvalue weighted by molar-refractivity contribution is 5.77. The van der Waals surface area contributed by atoms with Gasteiger partial charge in [0.2, 0.25) is 0 Å². The molecule has 0 spiro atoms. The number of nitrogens with one attached hydrogen (secondary N) is 1. The summed E-state index contributed by atoms with van der Waals surface area (Å²) in [5, 5.41) is 1.97. The number of ether oxygens (including phenoxy) is 2. The first kappa shape index (κ1) is 14.7. The minimum Gasteiger partial charge on any atom is -0.494 e. The Morgan fingerprint density at radius 2 is 1.70 bits per heavy atom. The van der Waals surface area contributed by atoms with Crippen LogP contribution in [0.15, 0.2) is 24.3 Å². The molecule has 1 aromatic carbocycles. The number of amides is 1. The van der Waals surface area contributed by atoms with Gasteiger partial charge in [-0.15, -0.1) is 0 Å². The van der Waals surface area contributed by atoms with E-state index in [0.717, 1.165) is 31.7 Å². The Morgan fingerprint density at radius 1 is 1.10 bits per heavy atom. The van der Waals surface area contributed by atoms with Crippen molar-refractivity contribution in [2.75, 3.05) is 26.3 Å². The van der Waals surface area contributed by atoms with E-state index in [1.807, 2.05) is 24.1 Å².